The van der Waals surface area contributed by atoms with Gasteiger partial charge in [-0.15, -0.1) is 0 Å². The van der Waals surface area contributed by atoms with Crippen molar-refractivity contribution in [3.63, 3.8) is 0 Å². The average Bonchev–Trinajstić information content (AvgIpc) is 3.06. The third-order valence-corrected chi connectivity index (χ3v) is 8.96. The highest BCUT2D eigenvalue weighted by molar-refractivity contribution is 5.85. The maximum Gasteiger partial charge on any atom is 0.249 e. The van der Waals surface area contributed by atoms with E-state index in [1.54, 1.807) is 13.3 Å². The lowest BCUT2D eigenvalue weighted by Gasteiger charge is -2.40. The second-order valence-corrected chi connectivity index (χ2v) is 11.6. The lowest BCUT2D eigenvalue weighted by atomic mass is 9.73. The largest absolute Gasteiger partial charge is 0.497 e. The molecular formula is C32H39F3N4O6. The molecule has 0 saturated carbocycles. The summed E-state index contributed by atoms with van der Waals surface area (Å²) in [5.41, 5.74) is 3.27. The van der Waals surface area contributed by atoms with E-state index < -0.39 is 34.9 Å². The number of benzene rings is 2. The predicted molar refractivity (Wildman–Crippen MR) is 158 cm³/mol. The van der Waals surface area contributed by atoms with Crippen molar-refractivity contribution in [1.29, 1.82) is 0 Å². The van der Waals surface area contributed by atoms with E-state index >= 15 is 0 Å². The van der Waals surface area contributed by atoms with E-state index in [9.17, 15) is 28.3 Å². The summed E-state index contributed by atoms with van der Waals surface area (Å²) in [6.45, 7) is 4.91. The summed E-state index contributed by atoms with van der Waals surface area (Å²) in [4.78, 5) is 22.0. The number of carbonyl (C=O) groups excluding carboxylic acids is 1. The van der Waals surface area contributed by atoms with Crippen LogP contribution in [0.1, 0.15) is 42.9 Å². The van der Waals surface area contributed by atoms with Crippen LogP contribution in [0.3, 0.4) is 0 Å². The van der Waals surface area contributed by atoms with Crippen LogP contribution in [0.25, 0.3) is 10.9 Å². The van der Waals surface area contributed by atoms with Gasteiger partial charge in [-0.3, -0.25) is 24.8 Å². The smallest absolute Gasteiger partial charge is 0.249 e. The Morgan fingerprint density at radius 2 is 1.78 bits per heavy atom. The Hall–Kier alpha value is -3.49. The highest BCUT2D eigenvalue weighted by atomic mass is 19.2. The van der Waals surface area contributed by atoms with Crippen molar-refractivity contribution >= 4 is 16.8 Å². The number of pyridine rings is 1. The first-order valence-electron chi connectivity index (χ1n) is 15.1. The van der Waals surface area contributed by atoms with E-state index in [4.69, 9.17) is 14.2 Å². The zero-order valence-corrected chi connectivity index (χ0v) is 25.2. The van der Waals surface area contributed by atoms with E-state index in [1.807, 2.05) is 28.6 Å². The Morgan fingerprint density at radius 1 is 1.07 bits per heavy atom. The minimum atomic E-state index is -1.55. The number of fused-ring (bicyclic) bond motifs is 1. The number of halogens is 3. The zero-order chi connectivity index (χ0) is 32.0. The summed E-state index contributed by atoms with van der Waals surface area (Å²) in [7, 11) is 1.58. The molecule has 2 aliphatic heterocycles. The number of rotatable bonds is 12. The fourth-order valence-corrected chi connectivity index (χ4v) is 6.26. The first-order valence-corrected chi connectivity index (χ1v) is 15.1. The van der Waals surface area contributed by atoms with Gasteiger partial charge in [0, 0.05) is 49.9 Å². The number of aliphatic hydroxyl groups is 1. The highest BCUT2D eigenvalue weighted by Crippen LogP contribution is 2.40. The van der Waals surface area contributed by atoms with Crippen LogP contribution in [0.15, 0.2) is 36.5 Å². The van der Waals surface area contributed by atoms with E-state index in [0.29, 0.717) is 64.4 Å². The number of nitrogens with one attached hydrogen (secondary N) is 1. The van der Waals surface area contributed by atoms with E-state index in [2.05, 4.69) is 9.88 Å². The quantitative estimate of drug-likeness (QED) is 0.155. The molecule has 45 heavy (non-hydrogen) atoms. The molecule has 244 valence electrons. The lowest BCUT2D eigenvalue weighted by Crippen LogP contribution is -2.49. The molecule has 2 aromatic carbocycles. The molecule has 5 rings (SSSR count). The molecule has 0 aliphatic carbocycles. The molecule has 3 aromatic rings. The van der Waals surface area contributed by atoms with Crippen LogP contribution in [-0.4, -0.2) is 90.7 Å². The summed E-state index contributed by atoms with van der Waals surface area (Å²) in [6.07, 6.45) is 2.31. The van der Waals surface area contributed by atoms with Crippen molar-refractivity contribution < 1.29 is 42.5 Å². The number of morpholine rings is 1. The van der Waals surface area contributed by atoms with Crippen LogP contribution in [0.2, 0.25) is 0 Å². The highest BCUT2D eigenvalue weighted by Gasteiger charge is 2.41. The molecule has 0 spiro atoms. The monoisotopic (exact) mass is 632 g/mol. The normalized spacial score (nSPS) is 18.1. The molecule has 2 fully saturated rings. The number of hydrogen-bond donors (Lipinski definition) is 3. The number of methoxy groups -OCH3 is 1. The van der Waals surface area contributed by atoms with Crippen molar-refractivity contribution in [3.8, 4) is 11.5 Å². The molecule has 1 atom stereocenters. The third kappa shape index (κ3) is 7.67. The van der Waals surface area contributed by atoms with Crippen LogP contribution >= 0.6 is 0 Å². The summed E-state index contributed by atoms with van der Waals surface area (Å²) in [6, 6.07) is 7.14. The molecule has 0 bridgehead atoms. The molecule has 3 heterocycles. The number of aromatic nitrogens is 1. The van der Waals surface area contributed by atoms with Crippen molar-refractivity contribution in [2.24, 2.45) is 5.41 Å². The van der Waals surface area contributed by atoms with E-state index in [1.165, 1.54) is 0 Å². The number of piperidine rings is 1. The van der Waals surface area contributed by atoms with E-state index in [0.717, 1.165) is 47.3 Å². The van der Waals surface area contributed by atoms with Gasteiger partial charge in [0.1, 0.15) is 18.1 Å². The minimum absolute atomic E-state index is 0.104. The van der Waals surface area contributed by atoms with Gasteiger partial charge in [0.15, 0.2) is 17.5 Å². The third-order valence-electron chi connectivity index (χ3n) is 8.96. The molecule has 1 aromatic heterocycles. The molecule has 2 aliphatic rings. The van der Waals surface area contributed by atoms with Gasteiger partial charge < -0.3 is 19.3 Å². The van der Waals surface area contributed by atoms with Crippen LogP contribution in [0.5, 0.6) is 11.5 Å². The van der Waals surface area contributed by atoms with Crippen LogP contribution in [0, 0.1) is 22.9 Å². The number of hydroxylamine groups is 1. The SMILES string of the molecule is COc1ccc2ncc(CN3CCOCC3)c(C(O)CCC3(C(=O)NO)CCN(CCOc4cc(F)c(F)c(F)c4)CC3)c2c1. The Balaban J connectivity index is 1.27. The number of amides is 1. The van der Waals surface area contributed by atoms with Gasteiger partial charge in [0.2, 0.25) is 5.91 Å². The summed E-state index contributed by atoms with van der Waals surface area (Å²) < 4.78 is 56.6. The lowest BCUT2D eigenvalue weighted by molar-refractivity contribution is -0.143. The van der Waals surface area contributed by atoms with Gasteiger partial charge >= 0.3 is 0 Å². The number of likely N-dealkylation sites (tertiary alicyclic amines) is 1. The fourth-order valence-electron chi connectivity index (χ4n) is 6.26. The van der Waals surface area contributed by atoms with Crippen molar-refractivity contribution in [2.75, 3.05) is 59.7 Å². The van der Waals surface area contributed by atoms with Crippen LogP contribution in [-0.2, 0) is 16.1 Å². The van der Waals surface area contributed by atoms with Crippen molar-refractivity contribution in [3.05, 3.63) is 65.1 Å². The van der Waals surface area contributed by atoms with Crippen LogP contribution < -0.4 is 15.0 Å². The molecule has 1 unspecified atom stereocenters. The molecule has 10 nitrogen and oxygen atoms in total. The Bertz CT molecular complexity index is 1460. The first-order chi connectivity index (χ1) is 21.7. The number of hydrogen-bond acceptors (Lipinski definition) is 9. The molecule has 0 radical (unpaired) electrons. The van der Waals surface area contributed by atoms with Crippen molar-refractivity contribution in [1.82, 2.24) is 20.3 Å². The standard InChI is InChI=1S/C32H39F3N4O6/c1-43-22-2-3-27-24(16-22)29(21(19-36-27)20-39-10-13-44-14-11-39)28(40)4-5-32(31(41)37-42)6-8-38(9-7-32)12-15-45-23-17-25(33)30(35)26(34)18-23/h2-3,16-19,28,40,42H,4-15,20H2,1H3,(H,37,41). The number of ether oxygens (including phenoxy) is 3. The first kappa shape index (κ1) is 32.9. The molecule has 13 heteroatoms. The van der Waals surface area contributed by atoms with Crippen LogP contribution in [0.4, 0.5) is 13.2 Å². The Labute approximate surface area is 259 Å². The summed E-state index contributed by atoms with van der Waals surface area (Å²) >= 11 is 0. The maximum absolute atomic E-state index is 13.5. The minimum Gasteiger partial charge on any atom is -0.497 e. The van der Waals surface area contributed by atoms with Gasteiger partial charge in [-0.05, 0) is 68.1 Å². The van der Waals surface area contributed by atoms with Gasteiger partial charge in [0.05, 0.1) is 37.4 Å². The van der Waals surface area contributed by atoms with Gasteiger partial charge in [0.25, 0.3) is 0 Å². The predicted octanol–water partition coefficient (Wildman–Crippen LogP) is 3.97. The summed E-state index contributed by atoms with van der Waals surface area (Å²) in [5.74, 6) is -4.16. The van der Waals surface area contributed by atoms with Gasteiger partial charge in [-0.1, -0.05) is 0 Å². The van der Waals surface area contributed by atoms with E-state index in [-0.39, 0.29) is 18.8 Å². The van der Waals surface area contributed by atoms with Crippen molar-refractivity contribution in [2.45, 2.75) is 38.3 Å². The maximum atomic E-state index is 13.5. The molecule has 3 N–H and O–H groups in total. The van der Waals surface area contributed by atoms with Gasteiger partial charge in [-0.25, -0.2) is 18.7 Å². The topological polar surface area (TPSA) is 117 Å². The molecule has 2 saturated heterocycles. The Kier molecular flexibility index (Phi) is 10.8. The van der Waals surface area contributed by atoms with Gasteiger partial charge in [-0.2, -0.15) is 0 Å². The second kappa shape index (κ2) is 14.7. The number of carbonyl (C=O) groups is 1. The number of nitrogens with zero attached hydrogens (tertiary/aromatic N) is 3. The number of aliphatic hydroxyl groups excluding tert-OH is 1. The average molecular weight is 633 g/mol. The Morgan fingerprint density at radius 3 is 2.44 bits per heavy atom. The summed E-state index contributed by atoms with van der Waals surface area (Å²) in [5, 5.41) is 22.1. The second-order valence-electron chi connectivity index (χ2n) is 11.6. The molecular weight excluding hydrogens is 593 g/mol. The fraction of sp³-hybridized carbons (Fsp3) is 0.500. The molecule has 1 amide bonds. The zero-order valence-electron chi connectivity index (χ0n) is 25.2.